The van der Waals surface area contributed by atoms with Crippen LogP contribution in [0.1, 0.15) is 6.42 Å². The molecule has 1 aromatic carbocycles. The van der Waals surface area contributed by atoms with Gasteiger partial charge in [-0.05, 0) is 6.42 Å². The summed E-state index contributed by atoms with van der Waals surface area (Å²) in [7, 11) is 1.61. The predicted octanol–water partition coefficient (Wildman–Crippen LogP) is 2.17. The van der Waals surface area contributed by atoms with E-state index < -0.39 is 10.7 Å². The quantitative estimate of drug-likeness (QED) is 0.392. The third-order valence-corrected chi connectivity index (χ3v) is 2.20. The number of halogens is 1. The summed E-state index contributed by atoms with van der Waals surface area (Å²) >= 11 is 0. The molecule has 0 aromatic heterocycles. The Morgan fingerprint density at radius 1 is 1.21 bits per heavy atom. The highest BCUT2D eigenvalue weighted by molar-refractivity contribution is 5.38. The van der Waals surface area contributed by atoms with E-state index in [2.05, 4.69) is 0 Å². The van der Waals surface area contributed by atoms with Crippen LogP contribution >= 0.6 is 0 Å². The minimum absolute atomic E-state index is 0.118. The Balaban J connectivity index is 2.31. The average Bonchev–Trinajstić information content (AvgIpc) is 2.37. The molecule has 0 spiro atoms. The second-order valence-corrected chi connectivity index (χ2v) is 3.71. The second kappa shape index (κ2) is 8.39. The molecule has 0 heterocycles. The largest absolute Gasteiger partial charge is 0.491 e. The fourth-order valence-corrected chi connectivity index (χ4v) is 1.36. The van der Waals surface area contributed by atoms with Crippen molar-refractivity contribution in [3.8, 4) is 5.75 Å². The molecule has 0 N–H and O–H groups in total. The lowest BCUT2D eigenvalue weighted by atomic mass is 10.3. The maximum absolute atomic E-state index is 13.1. The second-order valence-electron chi connectivity index (χ2n) is 3.71. The van der Waals surface area contributed by atoms with E-state index in [9.17, 15) is 14.5 Å². The maximum Gasteiger partial charge on any atom is 0.276 e. The molecule has 1 aromatic rings. The van der Waals surface area contributed by atoms with Gasteiger partial charge in [0.2, 0.25) is 0 Å². The zero-order valence-corrected chi connectivity index (χ0v) is 10.6. The van der Waals surface area contributed by atoms with Crippen LogP contribution in [0, 0.1) is 15.9 Å². The van der Waals surface area contributed by atoms with Crippen molar-refractivity contribution in [2.75, 3.05) is 33.5 Å². The molecule has 0 aliphatic heterocycles. The first-order valence-electron chi connectivity index (χ1n) is 5.78. The van der Waals surface area contributed by atoms with Gasteiger partial charge in [-0.15, -0.1) is 0 Å². The average molecular weight is 273 g/mol. The van der Waals surface area contributed by atoms with E-state index in [-0.39, 0.29) is 18.0 Å². The van der Waals surface area contributed by atoms with Gasteiger partial charge in [0.05, 0.1) is 23.7 Å². The summed E-state index contributed by atoms with van der Waals surface area (Å²) in [6, 6.07) is 3.11. The molecule has 0 aliphatic rings. The Morgan fingerprint density at radius 3 is 2.68 bits per heavy atom. The van der Waals surface area contributed by atoms with E-state index in [0.29, 0.717) is 19.8 Å². The Hall–Kier alpha value is -1.73. The Kier molecular flexibility index (Phi) is 6.76. The lowest BCUT2D eigenvalue weighted by Crippen LogP contribution is -2.08. The van der Waals surface area contributed by atoms with E-state index >= 15 is 0 Å². The van der Waals surface area contributed by atoms with E-state index in [4.69, 9.17) is 14.2 Å². The molecule has 0 fully saturated rings. The van der Waals surface area contributed by atoms with Crippen molar-refractivity contribution in [3.63, 3.8) is 0 Å². The standard InChI is InChI=1S/C12H16FNO5/c1-17-3-2-4-18-5-6-19-12-8-10(13)7-11(9-12)14(15)16/h7-9H,2-6H2,1H3. The van der Waals surface area contributed by atoms with Gasteiger partial charge in [-0.1, -0.05) is 0 Å². The van der Waals surface area contributed by atoms with Crippen LogP contribution in [0.4, 0.5) is 10.1 Å². The van der Waals surface area contributed by atoms with Crippen LogP contribution in [-0.4, -0.2) is 38.5 Å². The third-order valence-electron chi connectivity index (χ3n) is 2.20. The highest BCUT2D eigenvalue weighted by atomic mass is 19.1. The molecule has 19 heavy (non-hydrogen) atoms. The van der Waals surface area contributed by atoms with E-state index in [1.165, 1.54) is 6.07 Å². The van der Waals surface area contributed by atoms with E-state index in [1.54, 1.807) is 7.11 Å². The van der Waals surface area contributed by atoms with Crippen molar-refractivity contribution in [2.24, 2.45) is 0 Å². The van der Waals surface area contributed by atoms with Crippen molar-refractivity contribution in [3.05, 3.63) is 34.1 Å². The molecule has 0 radical (unpaired) electrons. The first-order chi connectivity index (χ1) is 9.13. The SMILES string of the molecule is COCCCOCCOc1cc(F)cc([N+](=O)[O-])c1. The summed E-state index contributed by atoms with van der Waals surface area (Å²) in [5.74, 6) is -0.586. The van der Waals surface area contributed by atoms with Crippen molar-refractivity contribution in [2.45, 2.75) is 6.42 Å². The molecule has 0 bridgehead atoms. The summed E-state index contributed by atoms with van der Waals surface area (Å²) in [4.78, 5) is 9.86. The number of nitro benzene ring substituents is 1. The van der Waals surface area contributed by atoms with Gasteiger partial charge in [0.1, 0.15) is 18.2 Å². The highest BCUT2D eigenvalue weighted by Gasteiger charge is 2.10. The van der Waals surface area contributed by atoms with Gasteiger partial charge >= 0.3 is 0 Å². The maximum atomic E-state index is 13.1. The lowest BCUT2D eigenvalue weighted by molar-refractivity contribution is -0.385. The first-order valence-corrected chi connectivity index (χ1v) is 5.78. The van der Waals surface area contributed by atoms with E-state index in [1.807, 2.05) is 0 Å². The topological polar surface area (TPSA) is 70.8 Å². The highest BCUT2D eigenvalue weighted by Crippen LogP contribution is 2.21. The monoisotopic (exact) mass is 273 g/mol. The predicted molar refractivity (Wildman–Crippen MR) is 65.9 cm³/mol. The summed E-state index contributed by atoms with van der Waals surface area (Å²) in [5, 5.41) is 10.5. The van der Waals surface area contributed by atoms with Crippen LogP contribution in [0.2, 0.25) is 0 Å². The smallest absolute Gasteiger partial charge is 0.276 e. The van der Waals surface area contributed by atoms with Crippen molar-refractivity contribution in [1.29, 1.82) is 0 Å². The number of benzene rings is 1. The van der Waals surface area contributed by atoms with Crippen LogP contribution in [0.25, 0.3) is 0 Å². The Morgan fingerprint density at radius 2 is 2.00 bits per heavy atom. The fourth-order valence-electron chi connectivity index (χ4n) is 1.36. The Labute approximate surface area is 110 Å². The number of nitro groups is 1. The number of rotatable bonds is 9. The summed E-state index contributed by atoms with van der Waals surface area (Å²) in [6.07, 6.45) is 0.780. The number of non-ortho nitro benzene ring substituents is 1. The van der Waals surface area contributed by atoms with Gasteiger partial charge in [0.15, 0.2) is 0 Å². The number of nitrogens with zero attached hydrogens (tertiary/aromatic N) is 1. The molecule has 106 valence electrons. The van der Waals surface area contributed by atoms with Crippen LogP contribution < -0.4 is 4.74 Å². The molecule has 0 amide bonds. The van der Waals surface area contributed by atoms with Gasteiger partial charge in [-0.25, -0.2) is 4.39 Å². The summed E-state index contributed by atoms with van der Waals surface area (Å²) < 4.78 is 28.3. The van der Waals surface area contributed by atoms with Gasteiger partial charge in [-0.2, -0.15) is 0 Å². The lowest BCUT2D eigenvalue weighted by Gasteiger charge is -2.07. The van der Waals surface area contributed by atoms with Gasteiger partial charge in [0.25, 0.3) is 5.69 Å². The molecule has 7 heteroatoms. The van der Waals surface area contributed by atoms with Crippen LogP contribution in [0.5, 0.6) is 5.75 Å². The first kappa shape index (κ1) is 15.3. The molecule has 0 saturated carbocycles. The molecular weight excluding hydrogens is 257 g/mol. The molecule has 6 nitrogen and oxygen atoms in total. The van der Waals surface area contributed by atoms with Crippen molar-refractivity contribution in [1.82, 2.24) is 0 Å². The van der Waals surface area contributed by atoms with Crippen LogP contribution in [0.15, 0.2) is 18.2 Å². The van der Waals surface area contributed by atoms with Crippen LogP contribution in [0.3, 0.4) is 0 Å². The summed E-state index contributed by atoms with van der Waals surface area (Å²) in [6.45, 7) is 1.69. The van der Waals surface area contributed by atoms with E-state index in [0.717, 1.165) is 18.6 Å². The fraction of sp³-hybridized carbons (Fsp3) is 0.500. The molecule has 0 saturated heterocycles. The minimum atomic E-state index is -0.704. The number of ether oxygens (including phenoxy) is 3. The number of hydrogen-bond acceptors (Lipinski definition) is 5. The molecular formula is C12H16FNO5. The zero-order valence-electron chi connectivity index (χ0n) is 10.6. The zero-order chi connectivity index (χ0) is 14.1. The van der Waals surface area contributed by atoms with Crippen molar-refractivity contribution >= 4 is 5.69 Å². The van der Waals surface area contributed by atoms with Gasteiger partial charge in [-0.3, -0.25) is 10.1 Å². The minimum Gasteiger partial charge on any atom is -0.491 e. The van der Waals surface area contributed by atoms with Gasteiger partial charge < -0.3 is 14.2 Å². The molecule has 1 rings (SSSR count). The van der Waals surface area contributed by atoms with Crippen molar-refractivity contribution < 1.29 is 23.5 Å². The number of hydrogen-bond donors (Lipinski definition) is 0. The Bertz CT molecular complexity index is 413. The van der Waals surface area contributed by atoms with Gasteiger partial charge in [0, 0.05) is 26.4 Å². The third kappa shape index (κ3) is 6.12. The molecule has 0 unspecified atom stereocenters. The normalized spacial score (nSPS) is 10.4. The molecule has 0 aliphatic carbocycles. The number of methoxy groups -OCH3 is 1. The molecule has 0 atom stereocenters. The summed E-state index contributed by atoms with van der Waals surface area (Å²) in [5.41, 5.74) is -0.337. The van der Waals surface area contributed by atoms with Crippen LogP contribution in [-0.2, 0) is 9.47 Å².